The Kier molecular flexibility index (Phi) is 4.99. The lowest BCUT2D eigenvalue weighted by Crippen LogP contribution is -2.25. The summed E-state index contributed by atoms with van der Waals surface area (Å²) in [6, 6.07) is 7.34. The molecule has 2 rings (SSSR count). The molecule has 0 spiro atoms. The van der Waals surface area contributed by atoms with Crippen LogP contribution < -0.4 is 10.5 Å². The average Bonchev–Trinajstić information content (AvgIpc) is 2.92. The van der Waals surface area contributed by atoms with Crippen LogP contribution in [0.1, 0.15) is 24.4 Å². The van der Waals surface area contributed by atoms with Crippen molar-refractivity contribution in [2.45, 2.75) is 18.9 Å². The Morgan fingerprint density at radius 3 is 2.50 bits per heavy atom. The maximum absolute atomic E-state index is 8.96. The Labute approximate surface area is 108 Å². The van der Waals surface area contributed by atoms with Gasteiger partial charge >= 0.3 is 0 Å². The lowest BCUT2D eigenvalue weighted by Gasteiger charge is -2.15. The topological polar surface area (TPSA) is 58.7 Å². The van der Waals surface area contributed by atoms with Gasteiger partial charge in [0, 0.05) is 6.54 Å². The fourth-order valence-electron chi connectivity index (χ4n) is 2.22. The van der Waals surface area contributed by atoms with Crippen LogP contribution in [0.3, 0.4) is 0 Å². The van der Waals surface area contributed by atoms with Crippen molar-refractivity contribution in [3.8, 4) is 5.75 Å². The van der Waals surface area contributed by atoms with Crippen molar-refractivity contribution in [3.05, 3.63) is 29.8 Å². The van der Waals surface area contributed by atoms with Crippen LogP contribution in [-0.4, -0.2) is 42.9 Å². The lowest BCUT2D eigenvalue weighted by atomic mass is 10.1. The molecule has 3 N–H and O–H groups in total. The summed E-state index contributed by atoms with van der Waals surface area (Å²) in [6.07, 6.45) is 2.63. The third-order valence-electron chi connectivity index (χ3n) is 3.38. The number of benzene rings is 1. The highest BCUT2D eigenvalue weighted by molar-refractivity contribution is 5.29. The predicted octanol–water partition coefficient (Wildman–Crippen LogP) is 1.15. The smallest absolute Gasteiger partial charge is 0.119 e. The molecule has 100 valence electrons. The van der Waals surface area contributed by atoms with Crippen LogP contribution in [0.15, 0.2) is 24.3 Å². The number of rotatable bonds is 6. The summed E-state index contributed by atoms with van der Waals surface area (Å²) in [5, 5.41) is 8.96. The molecule has 1 heterocycles. The number of likely N-dealkylation sites (tertiary alicyclic amines) is 1. The van der Waals surface area contributed by atoms with Crippen LogP contribution in [0, 0.1) is 0 Å². The van der Waals surface area contributed by atoms with Crippen molar-refractivity contribution >= 4 is 0 Å². The van der Waals surface area contributed by atoms with Crippen molar-refractivity contribution in [3.63, 3.8) is 0 Å². The number of nitrogens with zero attached hydrogens (tertiary/aromatic N) is 1. The zero-order valence-electron chi connectivity index (χ0n) is 10.7. The van der Waals surface area contributed by atoms with Crippen molar-refractivity contribution in [2.75, 3.05) is 32.8 Å². The molecule has 0 aromatic heterocycles. The van der Waals surface area contributed by atoms with Crippen molar-refractivity contribution in [1.29, 1.82) is 0 Å². The van der Waals surface area contributed by atoms with Gasteiger partial charge in [0.05, 0.1) is 12.6 Å². The molecule has 0 saturated carbocycles. The van der Waals surface area contributed by atoms with E-state index in [9.17, 15) is 0 Å². The minimum Gasteiger partial charge on any atom is -0.492 e. The first-order chi connectivity index (χ1) is 8.79. The number of aliphatic hydroxyl groups is 1. The van der Waals surface area contributed by atoms with Gasteiger partial charge in [-0.15, -0.1) is 0 Å². The molecular weight excluding hydrogens is 228 g/mol. The van der Waals surface area contributed by atoms with Crippen molar-refractivity contribution in [1.82, 2.24) is 4.90 Å². The van der Waals surface area contributed by atoms with Gasteiger partial charge in [-0.25, -0.2) is 0 Å². The first kappa shape index (κ1) is 13.3. The third-order valence-corrected chi connectivity index (χ3v) is 3.38. The van der Waals surface area contributed by atoms with E-state index in [0.29, 0.717) is 0 Å². The molecule has 1 aliphatic heterocycles. The summed E-state index contributed by atoms with van der Waals surface area (Å²) in [5.74, 6) is 0.864. The number of hydrogen-bond donors (Lipinski definition) is 2. The number of aliphatic hydroxyl groups excluding tert-OH is 1. The summed E-state index contributed by atoms with van der Waals surface area (Å²) in [5.41, 5.74) is 6.66. The van der Waals surface area contributed by atoms with Crippen LogP contribution in [-0.2, 0) is 0 Å². The van der Waals surface area contributed by atoms with Gasteiger partial charge < -0.3 is 15.6 Å². The minimum atomic E-state index is -0.302. The Bertz CT molecular complexity index is 347. The molecular formula is C14H22N2O2. The van der Waals surface area contributed by atoms with E-state index in [1.54, 1.807) is 0 Å². The standard InChI is InChI=1S/C14H22N2O2/c15-14(11-17)12-3-5-13(6-4-12)18-10-9-16-7-1-2-8-16/h3-6,14,17H,1-2,7-11,15H2/t14-/m1/s1. The van der Waals surface area contributed by atoms with Gasteiger partial charge in [-0.05, 0) is 43.6 Å². The second-order valence-corrected chi connectivity index (χ2v) is 4.76. The van der Waals surface area contributed by atoms with E-state index in [1.165, 1.54) is 25.9 Å². The quantitative estimate of drug-likeness (QED) is 0.795. The van der Waals surface area contributed by atoms with Crippen molar-refractivity contribution < 1.29 is 9.84 Å². The highest BCUT2D eigenvalue weighted by atomic mass is 16.5. The van der Waals surface area contributed by atoms with E-state index < -0.39 is 0 Å². The normalized spacial score (nSPS) is 17.9. The maximum atomic E-state index is 8.96. The van der Waals surface area contributed by atoms with Crippen LogP contribution in [0.2, 0.25) is 0 Å². The Morgan fingerprint density at radius 1 is 1.22 bits per heavy atom. The van der Waals surface area contributed by atoms with E-state index in [0.717, 1.165) is 24.5 Å². The summed E-state index contributed by atoms with van der Waals surface area (Å²) in [4.78, 5) is 2.43. The van der Waals surface area contributed by atoms with E-state index >= 15 is 0 Å². The zero-order valence-corrected chi connectivity index (χ0v) is 10.7. The first-order valence-electron chi connectivity index (χ1n) is 6.61. The summed E-state index contributed by atoms with van der Waals surface area (Å²) >= 11 is 0. The Hall–Kier alpha value is -1.10. The van der Waals surface area contributed by atoms with E-state index in [1.807, 2.05) is 24.3 Å². The lowest BCUT2D eigenvalue weighted by molar-refractivity contribution is 0.237. The number of nitrogens with two attached hydrogens (primary N) is 1. The van der Waals surface area contributed by atoms with Gasteiger partial charge in [0.1, 0.15) is 12.4 Å². The first-order valence-corrected chi connectivity index (χ1v) is 6.61. The van der Waals surface area contributed by atoms with E-state index in [2.05, 4.69) is 4.90 Å². The van der Waals surface area contributed by atoms with Crippen LogP contribution >= 0.6 is 0 Å². The third kappa shape index (κ3) is 3.70. The van der Waals surface area contributed by atoms with Gasteiger partial charge in [0.2, 0.25) is 0 Å². The average molecular weight is 250 g/mol. The molecule has 0 amide bonds. The molecule has 1 saturated heterocycles. The molecule has 1 aromatic rings. The molecule has 0 aliphatic carbocycles. The summed E-state index contributed by atoms with van der Waals surface area (Å²) < 4.78 is 5.69. The molecule has 1 atom stereocenters. The zero-order chi connectivity index (χ0) is 12.8. The SMILES string of the molecule is N[C@H](CO)c1ccc(OCCN2CCCC2)cc1. The minimum absolute atomic E-state index is 0.0326. The molecule has 0 unspecified atom stereocenters. The van der Waals surface area contributed by atoms with Gasteiger partial charge in [-0.1, -0.05) is 12.1 Å². The van der Waals surface area contributed by atoms with E-state index in [-0.39, 0.29) is 12.6 Å². The highest BCUT2D eigenvalue weighted by Gasteiger charge is 2.10. The molecule has 1 aliphatic rings. The molecule has 0 bridgehead atoms. The number of ether oxygens (including phenoxy) is 1. The van der Waals surface area contributed by atoms with Gasteiger partial charge in [-0.2, -0.15) is 0 Å². The fourth-order valence-corrected chi connectivity index (χ4v) is 2.22. The van der Waals surface area contributed by atoms with Crippen LogP contribution in [0.4, 0.5) is 0 Å². The van der Waals surface area contributed by atoms with Gasteiger partial charge in [0.25, 0.3) is 0 Å². The predicted molar refractivity (Wildman–Crippen MR) is 71.6 cm³/mol. The van der Waals surface area contributed by atoms with Gasteiger partial charge in [0.15, 0.2) is 0 Å². The highest BCUT2D eigenvalue weighted by Crippen LogP contribution is 2.16. The van der Waals surface area contributed by atoms with Crippen LogP contribution in [0.25, 0.3) is 0 Å². The second-order valence-electron chi connectivity index (χ2n) is 4.76. The monoisotopic (exact) mass is 250 g/mol. The van der Waals surface area contributed by atoms with Gasteiger partial charge in [-0.3, -0.25) is 4.90 Å². The maximum Gasteiger partial charge on any atom is 0.119 e. The summed E-state index contributed by atoms with van der Waals surface area (Å²) in [6.45, 7) is 4.10. The fraction of sp³-hybridized carbons (Fsp3) is 0.571. The molecule has 1 fully saturated rings. The second kappa shape index (κ2) is 6.73. The summed E-state index contributed by atoms with van der Waals surface area (Å²) in [7, 11) is 0. The number of hydrogen-bond acceptors (Lipinski definition) is 4. The Balaban J connectivity index is 1.75. The molecule has 0 radical (unpaired) electrons. The molecule has 4 nitrogen and oxygen atoms in total. The molecule has 1 aromatic carbocycles. The van der Waals surface area contributed by atoms with Crippen LogP contribution in [0.5, 0.6) is 5.75 Å². The largest absolute Gasteiger partial charge is 0.492 e. The van der Waals surface area contributed by atoms with Crippen molar-refractivity contribution in [2.24, 2.45) is 5.73 Å². The molecule has 4 heteroatoms. The van der Waals surface area contributed by atoms with E-state index in [4.69, 9.17) is 15.6 Å². The Morgan fingerprint density at radius 2 is 1.89 bits per heavy atom. The molecule has 18 heavy (non-hydrogen) atoms.